The van der Waals surface area contributed by atoms with Crippen molar-refractivity contribution in [1.29, 1.82) is 0 Å². The molecule has 4 nitrogen and oxygen atoms in total. The molecule has 3 amide bonds. The fourth-order valence-electron chi connectivity index (χ4n) is 1.35. The van der Waals surface area contributed by atoms with E-state index in [9.17, 15) is 9.59 Å². The van der Waals surface area contributed by atoms with E-state index in [0.29, 0.717) is 0 Å². The zero-order chi connectivity index (χ0) is 9.46. The van der Waals surface area contributed by atoms with E-state index in [2.05, 4.69) is 0 Å². The topological polar surface area (TPSA) is 40.6 Å². The molecule has 0 radical (unpaired) electrons. The first kappa shape index (κ1) is 9.03. The van der Waals surface area contributed by atoms with Crippen LogP contribution in [0.3, 0.4) is 0 Å². The number of hydrogen-bond donors (Lipinski definition) is 0. The van der Waals surface area contributed by atoms with Gasteiger partial charge in [-0.15, -0.1) is 0 Å². The molecule has 0 saturated carbocycles. The average Bonchev–Trinajstić information content (AvgIpc) is 2.08. The monoisotopic (exact) mass is 170 g/mol. The second kappa shape index (κ2) is 2.77. The molecule has 2 atom stereocenters. The van der Waals surface area contributed by atoms with E-state index in [4.69, 9.17) is 0 Å². The third kappa shape index (κ3) is 1.07. The maximum Gasteiger partial charge on any atom is 0.326 e. The number of imide groups is 1. The molecule has 0 aromatic rings. The number of urea groups is 1. The van der Waals surface area contributed by atoms with Crippen molar-refractivity contribution in [2.75, 3.05) is 14.1 Å². The van der Waals surface area contributed by atoms with Gasteiger partial charge in [-0.05, 0) is 6.92 Å². The average molecular weight is 170 g/mol. The molecule has 0 bridgehead atoms. The van der Waals surface area contributed by atoms with E-state index < -0.39 is 0 Å². The highest BCUT2D eigenvalue weighted by molar-refractivity contribution is 5.97. The van der Waals surface area contributed by atoms with Gasteiger partial charge in [0.1, 0.15) is 0 Å². The zero-order valence-electron chi connectivity index (χ0n) is 7.87. The number of rotatable bonds is 0. The van der Waals surface area contributed by atoms with Gasteiger partial charge in [-0.2, -0.15) is 0 Å². The second-order valence-electron chi connectivity index (χ2n) is 3.32. The lowest BCUT2D eigenvalue weighted by Crippen LogP contribution is -2.57. The predicted molar refractivity (Wildman–Crippen MR) is 44.6 cm³/mol. The second-order valence-corrected chi connectivity index (χ2v) is 3.32. The number of carbonyl (C=O) groups excluding carboxylic acids is 2. The molecule has 0 spiro atoms. The quantitative estimate of drug-likeness (QED) is 0.532. The van der Waals surface area contributed by atoms with Crippen LogP contribution in [0.4, 0.5) is 4.79 Å². The molecule has 1 aliphatic rings. The van der Waals surface area contributed by atoms with E-state index >= 15 is 0 Å². The Morgan fingerprint density at radius 1 is 1.17 bits per heavy atom. The van der Waals surface area contributed by atoms with Gasteiger partial charge in [-0.25, -0.2) is 4.79 Å². The van der Waals surface area contributed by atoms with Crippen LogP contribution < -0.4 is 0 Å². The summed E-state index contributed by atoms with van der Waals surface area (Å²) in [7, 11) is 3.23. The van der Waals surface area contributed by atoms with Gasteiger partial charge in [0.05, 0.1) is 5.92 Å². The summed E-state index contributed by atoms with van der Waals surface area (Å²) >= 11 is 0. The Bertz CT molecular complexity index is 205. The normalized spacial score (nSPS) is 31.3. The van der Waals surface area contributed by atoms with Crippen molar-refractivity contribution >= 4 is 11.9 Å². The van der Waals surface area contributed by atoms with Crippen LogP contribution in [0.2, 0.25) is 0 Å². The maximum atomic E-state index is 11.4. The Morgan fingerprint density at radius 3 is 2.17 bits per heavy atom. The molecule has 1 rings (SSSR count). The molecule has 0 N–H and O–H groups in total. The molecule has 2 unspecified atom stereocenters. The first-order valence-electron chi connectivity index (χ1n) is 4.01. The molecular formula is C8H14N2O2. The van der Waals surface area contributed by atoms with Crippen LogP contribution in [-0.4, -0.2) is 41.9 Å². The van der Waals surface area contributed by atoms with E-state index in [1.165, 1.54) is 11.9 Å². The van der Waals surface area contributed by atoms with E-state index in [1.807, 2.05) is 13.8 Å². The van der Waals surface area contributed by atoms with Gasteiger partial charge in [0.15, 0.2) is 0 Å². The van der Waals surface area contributed by atoms with Gasteiger partial charge in [0.2, 0.25) is 5.91 Å². The third-order valence-corrected chi connectivity index (χ3v) is 2.64. The lowest BCUT2D eigenvalue weighted by atomic mass is 9.99. The summed E-state index contributed by atoms with van der Waals surface area (Å²) in [5, 5.41) is 0. The summed E-state index contributed by atoms with van der Waals surface area (Å²) in [6, 6.07) is -0.216. The van der Waals surface area contributed by atoms with Gasteiger partial charge in [0, 0.05) is 20.1 Å². The molecule has 12 heavy (non-hydrogen) atoms. The molecule has 1 fully saturated rings. The summed E-state index contributed by atoms with van der Waals surface area (Å²) in [5.74, 6) is -0.191. The van der Waals surface area contributed by atoms with Crippen molar-refractivity contribution in [3.8, 4) is 0 Å². The van der Waals surface area contributed by atoms with Crippen LogP contribution >= 0.6 is 0 Å². The van der Waals surface area contributed by atoms with Gasteiger partial charge in [0.25, 0.3) is 0 Å². The van der Waals surface area contributed by atoms with Crippen LogP contribution in [-0.2, 0) is 4.79 Å². The molecule has 0 aromatic heterocycles. The van der Waals surface area contributed by atoms with Gasteiger partial charge < -0.3 is 4.90 Å². The largest absolute Gasteiger partial charge is 0.326 e. The van der Waals surface area contributed by atoms with Gasteiger partial charge in [-0.1, -0.05) is 6.92 Å². The summed E-state index contributed by atoms with van der Waals surface area (Å²) in [6.45, 7) is 3.72. The highest BCUT2D eigenvalue weighted by Gasteiger charge is 2.37. The number of hydrogen-bond acceptors (Lipinski definition) is 2. The van der Waals surface area contributed by atoms with Crippen LogP contribution in [0, 0.1) is 5.92 Å². The minimum Gasteiger partial charge on any atom is -0.324 e. The van der Waals surface area contributed by atoms with Gasteiger partial charge >= 0.3 is 6.03 Å². The minimum absolute atomic E-state index is 0.00111. The number of carbonyl (C=O) groups is 2. The lowest BCUT2D eigenvalue weighted by Gasteiger charge is -2.38. The first-order chi connectivity index (χ1) is 5.46. The smallest absolute Gasteiger partial charge is 0.324 e. The van der Waals surface area contributed by atoms with Crippen molar-refractivity contribution < 1.29 is 9.59 Å². The first-order valence-corrected chi connectivity index (χ1v) is 4.01. The van der Waals surface area contributed by atoms with Crippen LogP contribution in [0.25, 0.3) is 0 Å². The maximum absolute atomic E-state index is 11.4. The van der Waals surface area contributed by atoms with Crippen LogP contribution in [0.5, 0.6) is 0 Å². The standard InChI is InChI=1S/C8H14N2O2/c1-5-6(2)9(3)8(12)10(4)7(5)11/h5-6H,1-4H3. The Labute approximate surface area is 72.1 Å². The fraction of sp³-hybridized carbons (Fsp3) is 0.750. The Kier molecular flexibility index (Phi) is 2.08. The highest BCUT2D eigenvalue weighted by atomic mass is 16.2. The summed E-state index contributed by atoms with van der Waals surface area (Å²) in [5.41, 5.74) is 0. The number of nitrogens with zero attached hydrogens (tertiary/aromatic N) is 2. The molecular weight excluding hydrogens is 156 g/mol. The van der Waals surface area contributed by atoms with Crippen molar-refractivity contribution in [3.63, 3.8) is 0 Å². The Morgan fingerprint density at radius 2 is 1.67 bits per heavy atom. The Balaban J connectivity index is 2.91. The van der Waals surface area contributed by atoms with Crippen molar-refractivity contribution in [3.05, 3.63) is 0 Å². The summed E-state index contributed by atoms with van der Waals surface area (Å²) in [6.07, 6.45) is 0. The van der Waals surface area contributed by atoms with E-state index in [0.717, 1.165) is 0 Å². The van der Waals surface area contributed by atoms with Crippen molar-refractivity contribution in [2.45, 2.75) is 19.9 Å². The molecule has 0 aliphatic carbocycles. The summed E-state index contributed by atoms with van der Waals surface area (Å²) in [4.78, 5) is 25.5. The number of amides is 3. The van der Waals surface area contributed by atoms with Crippen LogP contribution in [0.1, 0.15) is 13.8 Å². The molecule has 4 heteroatoms. The molecule has 68 valence electrons. The zero-order valence-corrected chi connectivity index (χ0v) is 7.87. The Hall–Kier alpha value is -1.06. The van der Waals surface area contributed by atoms with Crippen molar-refractivity contribution in [1.82, 2.24) is 9.80 Å². The van der Waals surface area contributed by atoms with E-state index in [-0.39, 0.29) is 23.9 Å². The van der Waals surface area contributed by atoms with Crippen LogP contribution in [0.15, 0.2) is 0 Å². The SMILES string of the molecule is CC1C(=O)N(C)C(=O)N(C)C1C. The molecule has 1 saturated heterocycles. The molecule has 1 aliphatic heterocycles. The predicted octanol–water partition coefficient (Wildman–Crippen LogP) is 0.535. The molecule has 1 heterocycles. The lowest BCUT2D eigenvalue weighted by molar-refractivity contribution is -0.135. The molecule has 0 aromatic carbocycles. The van der Waals surface area contributed by atoms with Crippen molar-refractivity contribution in [2.24, 2.45) is 5.92 Å². The summed E-state index contributed by atoms with van der Waals surface area (Å²) < 4.78 is 0. The van der Waals surface area contributed by atoms with Gasteiger partial charge in [-0.3, -0.25) is 9.69 Å². The highest BCUT2D eigenvalue weighted by Crippen LogP contribution is 2.19. The third-order valence-electron chi connectivity index (χ3n) is 2.64. The van der Waals surface area contributed by atoms with E-state index in [1.54, 1.807) is 11.9 Å². The minimum atomic E-state index is -0.217. The fourth-order valence-corrected chi connectivity index (χ4v) is 1.35.